The molecule has 0 fully saturated rings. The van der Waals surface area contributed by atoms with Crippen molar-refractivity contribution in [2.45, 2.75) is 6.92 Å². The molecule has 0 aliphatic heterocycles. The first-order chi connectivity index (χ1) is 8.16. The smallest absolute Gasteiger partial charge is 0.241 e. The van der Waals surface area contributed by atoms with Crippen LogP contribution in [0.1, 0.15) is 11.4 Å². The third-order valence-electron chi connectivity index (χ3n) is 2.44. The van der Waals surface area contributed by atoms with Crippen LogP contribution in [0.2, 0.25) is 0 Å². The summed E-state index contributed by atoms with van der Waals surface area (Å²) in [5, 5.41) is 0. The quantitative estimate of drug-likeness (QED) is 0.811. The van der Waals surface area contributed by atoms with Gasteiger partial charge in [0, 0.05) is 24.2 Å². The van der Waals surface area contributed by atoms with Crippen molar-refractivity contribution in [2.24, 2.45) is 5.73 Å². The summed E-state index contributed by atoms with van der Waals surface area (Å²) in [5.41, 5.74) is 7.00. The van der Waals surface area contributed by atoms with Crippen LogP contribution < -0.4 is 5.73 Å². The van der Waals surface area contributed by atoms with Crippen LogP contribution in [0.5, 0.6) is 0 Å². The third kappa shape index (κ3) is 2.60. The summed E-state index contributed by atoms with van der Waals surface area (Å²) in [4.78, 5) is 14.8. The number of benzene rings is 1. The van der Waals surface area contributed by atoms with E-state index in [2.05, 4.69) is 4.98 Å². The maximum Gasteiger partial charge on any atom is 0.241 e. The summed E-state index contributed by atoms with van der Waals surface area (Å²) >= 11 is 0. The Kier molecular flexibility index (Phi) is 3.05. The summed E-state index contributed by atoms with van der Waals surface area (Å²) in [6, 6.07) is 7.78. The molecular formula is C13H13N3O. The van der Waals surface area contributed by atoms with Crippen LogP contribution in [0.15, 0.2) is 42.7 Å². The Balaban J connectivity index is 2.25. The van der Waals surface area contributed by atoms with Gasteiger partial charge in [0.1, 0.15) is 5.82 Å². The molecule has 2 N–H and O–H groups in total. The van der Waals surface area contributed by atoms with Crippen molar-refractivity contribution >= 4 is 12.0 Å². The van der Waals surface area contributed by atoms with Crippen LogP contribution in [-0.2, 0) is 4.79 Å². The number of carbonyl (C=O) groups is 1. The predicted molar refractivity (Wildman–Crippen MR) is 66.5 cm³/mol. The summed E-state index contributed by atoms with van der Waals surface area (Å²) in [7, 11) is 0. The van der Waals surface area contributed by atoms with Gasteiger partial charge >= 0.3 is 0 Å². The largest absolute Gasteiger partial charge is 0.366 e. The highest BCUT2D eigenvalue weighted by Gasteiger charge is 1.99. The van der Waals surface area contributed by atoms with Crippen molar-refractivity contribution in [3.63, 3.8) is 0 Å². The standard InChI is InChI=1S/C13H13N3O/c1-10-15-8-9-16(10)12-5-2-11(3-6-12)4-7-13(14)17/h2-9H,1H3,(H2,14,17)/b7-4-. The highest BCUT2D eigenvalue weighted by Crippen LogP contribution is 2.12. The summed E-state index contributed by atoms with van der Waals surface area (Å²) < 4.78 is 1.99. The molecule has 0 radical (unpaired) electrons. The second-order valence-corrected chi connectivity index (χ2v) is 3.67. The van der Waals surface area contributed by atoms with Crippen LogP contribution in [-0.4, -0.2) is 15.5 Å². The fraction of sp³-hybridized carbons (Fsp3) is 0.0769. The van der Waals surface area contributed by atoms with E-state index < -0.39 is 5.91 Å². The van der Waals surface area contributed by atoms with Gasteiger partial charge in [-0.05, 0) is 30.7 Å². The van der Waals surface area contributed by atoms with E-state index in [9.17, 15) is 4.79 Å². The van der Waals surface area contributed by atoms with Gasteiger partial charge in [0.2, 0.25) is 5.91 Å². The van der Waals surface area contributed by atoms with E-state index in [0.29, 0.717) is 0 Å². The van der Waals surface area contributed by atoms with Crippen molar-refractivity contribution < 1.29 is 4.79 Å². The lowest BCUT2D eigenvalue weighted by molar-refractivity contribution is -0.113. The molecule has 0 atom stereocenters. The van der Waals surface area contributed by atoms with E-state index in [1.807, 2.05) is 42.0 Å². The SMILES string of the molecule is Cc1nccn1-c1ccc(/C=C\C(N)=O)cc1. The molecule has 0 aliphatic carbocycles. The minimum atomic E-state index is -0.445. The molecule has 4 nitrogen and oxygen atoms in total. The van der Waals surface area contributed by atoms with Crippen LogP contribution >= 0.6 is 0 Å². The average molecular weight is 227 g/mol. The van der Waals surface area contributed by atoms with Crippen molar-refractivity contribution in [1.82, 2.24) is 9.55 Å². The first-order valence-electron chi connectivity index (χ1n) is 5.25. The lowest BCUT2D eigenvalue weighted by atomic mass is 10.2. The number of aryl methyl sites for hydroxylation is 1. The van der Waals surface area contributed by atoms with E-state index >= 15 is 0 Å². The lowest BCUT2D eigenvalue weighted by Crippen LogP contribution is -2.05. The highest BCUT2D eigenvalue weighted by molar-refractivity contribution is 5.90. The number of rotatable bonds is 3. The molecule has 1 aromatic carbocycles. The summed E-state index contributed by atoms with van der Waals surface area (Å²) in [5.74, 6) is 0.491. The van der Waals surface area contributed by atoms with E-state index in [-0.39, 0.29) is 0 Å². The second-order valence-electron chi connectivity index (χ2n) is 3.67. The molecule has 0 unspecified atom stereocenters. The van der Waals surface area contributed by atoms with Crippen molar-refractivity contribution in [3.05, 3.63) is 54.1 Å². The molecule has 1 aromatic heterocycles. The molecule has 0 aliphatic rings. The van der Waals surface area contributed by atoms with Gasteiger partial charge in [-0.2, -0.15) is 0 Å². The molecule has 1 amide bonds. The van der Waals surface area contributed by atoms with Gasteiger partial charge < -0.3 is 10.3 Å². The van der Waals surface area contributed by atoms with Crippen LogP contribution in [0.3, 0.4) is 0 Å². The number of aromatic nitrogens is 2. The fourth-order valence-electron chi connectivity index (χ4n) is 1.58. The van der Waals surface area contributed by atoms with Gasteiger partial charge in [-0.3, -0.25) is 4.79 Å². The summed E-state index contributed by atoms with van der Waals surface area (Å²) in [6.07, 6.45) is 6.70. The number of primary amides is 1. The average Bonchev–Trinajstić information content (AvgIpc) is 2.73. The second kappa shape index (κ2) is 4.65. The Morgan fingerprint density at radius 2 is 2.06 bits per heavy atom. The molecule has 86 valence electrons. The van der Waals surface area contributed by atoms with Gasteiger partial charge in [0.25, 0.3) is 0 Å². The van der Waals surface area contributed by atoms with Crippen LogP contribution in [0, 0.1) is 6.92 Å². The summed E-state index contributed by atoms with van der Waals surface area (Å²) in [6.45, 7) is 1.95. The van der Waals surface area contributed by atoms with Crippen LogP contribution in [0.4, 0.5) is 0 Å². The van der Waals surface area contributed by atoms with E-state index in [1.165, 1.54) is 6.08 Å². The topological polar surface area (TPSA) is 60.9 Å². The number of nitrogens with two attached hydrogens (primary N) is 1. The molecule has 1 heterocycles. The molecular weight excluding hydrogens is 214 g/mol. The van der Waals surface area contributed by atoms with Gasteiger partial charge in [-0.1, -0.05) is 12.1 Å². The number of carbonyl (C=O) groups excluding carboxylic acids is 1. The maximum absolute atomic E-state index is 10.6. The Bertz CT molecular complexity index is 552. The minimum absolute atomic E-state index is 0.445. The lowest BCUT2D eigenvalue weighted by Gasteiger charge is -2.04. The first-order valence-corrected chi connectivity index (χ1v) is 5.25. The Morgan fingerprint density at radius 1 is 1.35 bits per heavy atom. The molecule has 4 heteroatoms. The normalized spacial score (nSPS) is 10.9. The molecule has 17 heavy (non-hydrogen) atoms. The Hall–Kier alpha value is -2.36. The number of hydrogen-bond acceptors (Lipinski definition) is 2. The third-order valence-corrected chi connectivity index (χ3v) is 2.44. The molecule has 2 aromatic rings. The zero-order valence-electron chi connectivity index (χ0n) is 9.50. The minimum Gasteiger partial charge on any atom is -0.366 e. The van der Waals surface area contributed by atoms with Crippen molar-refractivity contribution in [2.75, 3.05) is 0 Å². The number of amides is 1. The van der Waals surface area contributed by atoms with Crippen LogP contribution in [0.25, 0.3) is 11.8 Å². The molecule has 2 rings (SSSR count). The number of imidazole rings is 1. The zero-order valence-corrected chi connectivity index (χ0v) is 9.50. The molecule has 0 bridgehead atoms. The Morgan fingerprint density at radius 3 is 2.59 bits per heavy atom. The first kappa shape index (κ1) is 11.1. The van der Waals surface area contributed by atoms with E-state index in [4.69, 9.17) is 5.73 Å². The maximum atomic E-state index is 10.6. The molecule has 0 saturated heterocycles. The predicted octanol–water partition coefficient (Wildman–Crippen LogP) is 1.68. The van der Waals surface area contributed by atoms with Gasteiger partial charge in [0.05, 0.1) is 0 Å². The Labute approximate surface area is 99.4 Å². The van der Waals surface area contributed by atoms with Gasteiger partial charge in [0.15, 0.2) is 0 Å². The fourth-order valence-corrected chi connectivity index (χ4v) is 1.58. The van der Waals surface area contributed by atoms with Crippen molar-refractivity contribution in [1.29, 1.82) is 0 Å². The monoisotopic (exact) mass is 227 g/mol. The molecule has 0 saturated carbocycles. The highest BCUT2D eigenvalue weighted by atomic mass is 16.1. The zero-order chi connectivity index (χ0) is 12.3. The number of nitrogens with zero attached hydrogens (tertiary/aromatic N) is 2. The van der Waals surface area contributed by atoms with Gasteiger partial charge in [-0.25, -0.2) is 4.98 Å². The number of hydrogen-bond donors (Lipinski definition) is 1. The van der Waals surface area contributed by atoms with E-state index in [0.717, 1.165) is 17.1 Å². The van der Waals surface area contributed by atoms with Crippen molar-refractivity contribution in [3.8, 4) is 5.69 Å². The molecule has 0 spiro atoms. The van der Waals surface area contributed by atoms with E-state index in [1.54, 1.807) is 12.3 Å². The van der Waals surface area contributed by atoms with Gasteiger partial charge in [-0.15, -0.1) is 0 Å².